The first kappa shape index (κ1) is 20.9. The molecule has 0 bridgehead atoms. The van der Waals surface area contributed by atoms with E-state index in [-0.39, 0.29) is 5.78 Å². The van der Waals surface area contributed by atoms with E-state index in [0.717, 1.165) is 27.1 Å². The second-order valence-corrected chi connectivity index (χ2v) is 10.6. The third-order valence-electron chi connectivity index (χ3n) is 5.53. The summed E-state index contributed by atoms with van der Waals surface area (Å²) in [4.78, 5) is 15.8. The normalized spacial score (nSPS) is 18.7. The molecule has 0 radical (unpaired) electrons. The van der Waals surface area contributed by atoms with Crippen LogP contribution in [0.4, 0.5) is 5.13 Å². The average Bonchev–Trinajstić information content (AvgIpc) is 3.50. The zero-order valence-electron chi connectivity index (χ0n) is 17.0. The molecule has 1 aliphatic carbocycles. The molecule has 32 heavy (non-hydrogen) atoms. The summed E-state index contributed by atoms with van der Waals surface area (Å²) in [6.45, 7) is 0. The molecule has 1 atom stereocenters. The highest BCUT2D eigenvalue weighted by Gasteiger charge is 2.41. The molecule has 2 aromatic heterocycles. The lowest BCUT2D eigenvalue weighted by molar-refractivity contribution is -0.116. The van der Waals surface area contributed by atoms with E-state index in [9.17, 15) is 10.1 Å². The monoisotopic (exact) mass is 477 g/mol. The van der Waals surface area contributed by atoms with Gasteiger partial charge in [-0.05, 0) is 29.9 Å². The summed E-state index contributed by atoms with van der Waals surface area (Å²) in [7, 11) is 0. The van der Waals surface area contributed by atoms with Gasteiger partial charge in [0.25, 0.3) is 0 Å². The van der Waals surface area contributed by atoms with Crippen molar-refractivity contribution in [2.75, 3.05) is 4.90 Å². The molecule has 5 rings (SSSR count). The Kier molecular flexibility index (Phi) is 5.83. The van der Waals surface area contributed by atoms with Gasteiger partial charge in [0.2, 0.25) is 5.13 Å². The van der Waals surface area contributed by atoms with Crippen molar-refractivity contribution in [1.82, 2.24) is 10.2 Å². The van der Waals surface area contributed by atoms with Crippen LogP contribution in [-0.4, -0.2) is 16.0 Å². The van der Waals surface area contributed by atoms with Gasteiger partial charge in [0, 0.05) is 28.3 Å². The predicted octanol–water partition coefficient (Wildman–Crippen LogP) is 5.20. The van der Waals surface area contributed by atoms with Crippen LogP contribution in [0.2, 0.25) is 0 Å². The van der Waals surface area contributed by atoms with Crippen molar-refractivity contribution in [2.45, 2.75) is 35.3 Å². The summed E-state index contributed by atoms with van der Waals surface area (Å²) in [5.74, 6) is 0.809. The SMILES string of the molecule is N#CC1=C(N)N(c2nnc(SCc3ccccc3)s2)C2=C(C(=O)CCC2)C1c1cccs1. The summed E-state index contributed by atoms with van der Waals surface area (Å²) in [5.41, 5.74) is 9.70. The number of Topliss-reactive ketones (excluding diaryl/α,β-unsaturated/α-hetero) is 1. The second kappa shape index (κ2) is 8.90. The Morgan fingerprint density at radius 2 is 2.03 bits per heavy atom. The maximum absolute atomic E-state index is 13.1. The number of thioether (sulfide) groups is 1. The van der Waals surface area contributed by atoms with Gasteiger partial charge in [-0.1, -0.05) is 59.5 Å². The third-order valence-corrected chi connectivity index (χ3v) is 8.58. The highest BCUT2D eigenvalue weighted by Crippen LogP contribution is 2.48. The van der Waals surface area contributed by atoms with Crippen molar-refractivity contribution in [2.24, 2.45) is 5.73 Å². The van der Waals surface area contributed by atoms with Gasteiger partial charge in [-0.15, -0.1) is 21.5 Å². The zero-order chi connectivity index (χ0) is 22.1. The van der Waals surface area contributed by atoms with Crippen LogP contribution in [0.15, 0.2) is 74.8 Å². The van der Waals surface area contributed by atoms with Crippen molar-refractivity contribution in [3.63, 3.8) is 0 Å². The molecule has 0 saturated carbocycles. The van der Waals surface area contributed by atoms with Crippen LogP contribution in [0.3, 0.4) is 0 Å². The number of carbonyl (C=O) groups excluding carboxylic acids is 1. The fourth-order valence-electron chi connectivity index (χ4n) is 4.12. The fourth-order valence-corrected chi connectivity index (χ4v) is 6.80. The number of rotatable bonds is 5. The number of ketones is 1. The van der Waals surface area contributed by atoms with E-state index in [1.54, 1.807) is 16.7 Å². The largest absolute Gasteiger partial charge is 0.384 e. The first-order chi connectivity index (χ1) is 15.7. The van der Waals surface area contributed by atoms with Gasteiger partial charge < -0.3 is 5.73 Å². The lowest BCUT2D eigenvalue weighted by atomic mass is 9.78. The summed E-state index contributed by atoms with van der Waals surface area (Å²) in [6, 6.07) is 16.4. The minimum absolute atomic E-state index is 0.0816. The van der Waals surface area contributed by atoms with Gasteiger partial charge in [-0.2, -0.15) is 5.26 Å². The molecule has 1 unspecified atom stereocenters. The number of hydrogen-bond donors (Lipinski definition) is 1. The average molecular weight is 478 g/mol. The Morgan fingerprint density at radius 3 is 2.78 bits per heavy atom. The van der Waals surface area contributed by atoms with Crippen molar-refractivity contribution < 1.29 is 4.79 Å². The summed E-state index contributed by atoms with van der Waals surface area (Å²) < 4.78 is 0.819. The third kappa shape index (κ3) is 3.75. The molecule has 1 aliphatic heterocycles. The van der Waals surface area contributed by atoms with E-state index in [1.807, 2.05) is 35.7 Å². The molecule has 3 heterocycles. The molecule has 6 nitrogen and oxygen atoms in total. The minimum Gasteiger partial charge on any atom is -0.384 e. The maximum atomic E-state index is 13.1. The van der Waals surface area contributed by atoms with Gasteiger partial charge in [-0.25, -0.2) is 0 Å². The van der Waals surface area contributed by atoms with E-state index in [1.165, 1.54) is 28.2 Å². The number of aromatic nitrogens is 2. The van der Waals surface area contributed by atoms with Crippen molar-refractivity contribution in [3.8, 4) is 6.07 Å². The second-order valence-electron chi connectivity index (χ2n) is 7.46. The molecule has 0 fully saturated rings. The molecule has 1 aromatic carbocycles. The van der Waals surface area contributed by atoms with Gasteiger partial charge in [0.05, 0.1) is 17.6 Å². The van der Waals surface area contributed by atoms with Crippen LogP contribution in [0.1, 0.15) is 35.6 Å². The van der Waals surface area contributed by atoms with E-state index in [4.69, 9.17) is 5.73 Å². The van der Waals surface area contributed by atoms with Crippen molar-refractivity contribution in [3.05, 3.63) is 80.9 Å². The summed E-state index contributed by atoms with van der Waals surface area (Å²) in [5, 5.41) is 21.3. The van der Waals surface area contributed by atoms with Crippen LogP contribution in [0.5, 0.6) is 0 Å². The predicted molar refractivity (Wildman–Crippen MR) is 128 cm³/mol. The summed E-state index contributed by atoms with van der Waals surface area (Å²) >= 11 is 4.58. The van der Waals surface area contributed by atoms with Gasteiger partial charge in [0.15, 0.2) is 10.1 Å². The highest BCUT2D eigenvalue weighted by atomic mass is 32.2. The first-order valence-electron chi connectivity index (χ1n) is 10.2. The molecule has 2 aliphatic rings. The fraction of sp³-hybridized carbons (Fsp3) is 0.217. The zero-order valence-corrected chi connectivity index (χ0v) is 19.5. The molecular weight excluding hydrogens is 458 g/mol. The maximum Gasteiger partial charge on any atom is 0.219 e. The van der Waals surface area contributed by atoms with Crippen molar-refractivity contribution >= 4 is 45.4 Å². The van der Waals surface area contributed by atoms with E-state index in [2.05, 4.69) is 28.4 Å². The van der Waals surface area contributed by atoms with Crippen LogP contribution in [0, 0.1) is 11.3 Å². The smallest absolute Gasteiger partial charge is 0.219 e. The van der Waals surface area contributed by atoms with E-state index < -0.39 is 5.92 Å². The first-order valence-corrected chi connectivity index (χ1v) is 12.8. The molecule has 0 saturated heterocycles. The van der Waals surface area contributed by atoms with Crippen molar-refractivity contribution in [1.29, 1.82) is 5.26 Å². The van der Waals surface area contributed by atoms with Crippen LogP contribution in [0.25, 0.3) is 0 Å². The Labute approximate surface area is 198 Å². The highest BCUT2D eigenvalue weighted by molar-refractivity contribution is 8.00. The standard InChI is InChI=1S/C23H19N5OS3/c24-12-15-19(18-10-5-11-30-18)20-16(8-4-9-17(20)29)28(21(15)25)22-26-27-23(32-22)31-13-14-6-2-1-3-7-14/h1-3,5-7,10-11,19H,4,8-9,13,25H2. The number of carbonyl (C=O) groups is 1. The number of thiophene rings is 1. The number of nitrogens with two attached hydrogens (primary N) is 1. The Balaban J connectivity index is 1.52. The lowest BCUT2D eigenvalue weighted by Gasteiger charge is -2.37. The lowest BCUT2D eigenvalue weighted by Crippen LogP contribution is -2.38. The molecule has 160 valence electrons. The molecular formula is C23H19N5OS3. The quantitative estimate of drug-likeness (QED) is 0.505. The molecule has 0 spiro atoms. The van der Waals surface area contributed by atoms with Crippen LogP contribution in [-0.2, 0) is 10.5 Å². The van der Waals surface area contributed by atoms with Gasteiger partial charge in [-0.3, -0.25) is 9.69 Å². The number of anilines is 1. The number of nitrogens with zero attached hydrogens (tertiary/aromatic N) is 4. The van der Waals surface area contributed by atoms with Gasteiger partial charge >= 0.3 is 0 Å². The Hall–Kier alpha value is -2.93. The van der Waals surface area contributed by atoms with E-state index in [0.29, 0.717) is 34.9 Å². The Bertz CT molecular complexity index is 1250. The van der Waals surface area contributed by atoms with Gasteiger partial charge in [0.1, 0.15) is 5.82 Å². The Morgan fingerprint density at radius 1 is 1.19 bits per heavy atom. The van der Waals surface area contributed by atoms with E-state index >= 15 is 0 Å². The molecule has 0 amide bonds. The number of allylic oxidation sites excluding steroid dienone is 3. The number of hydrogen-bond acceptors (Lipinski definition) is 9. The number of nitriles is 1. The van der Waals surface area contributed by atoms with Crippen LogP contribution >= 0.6 is 34.4 Å². The topological polar surface area (TPSA) is 95.9 Å². The molecule has 2 N–H and O–H groups in total. The van der Waals surface area contributed by atoms with Crippen LogP contribution < -0.4 is 10.6 Å². The minimum atomic E-state index is -0.404. The molecule has 9 heteroatoms. The summed E-state index contributed by atoms with van der Waals surface area (Å²) in [6.07, 6.45) is 1.96. The number of benzene rings is 1. The molecule has 3 aromatic rings.